The smallest absolute Gasteiger partial charge is 0.354 e. The zero-order valence-electron chi connectivity index (χ0n) is 18.9. The lowest BCUT2D eigenvalue weighted by molar-refractivity contribution is -0.129. The van der Waals surface area contributed by atoms with E-state index in [2.05, 4.69) is 5.32 Å². The van der Waals surface area contributed by atoms with Crippen molar-refractivity contribution in [1.29, 1.82) is 10.5 Å². The fourth-order valence-electron chi connectivity index (χ4n) is 2.92. The van der Waals surface area contributed by atoms with Crippen LogP contribution in [0.3, 0.4) is 0 Å². The van der Waals surface area contributed by atoms with Crippen LogP contribution in [0.2, 0.25) is 0 Å². The van der Waals surface area contributed by atoms with Crippen LogP contribution in [0, 0.1) is 22.7 Å². The molecule has 0 saturated heterocycles. The molecule has 3 aromatic rings. The normalized spacial score (nSPS) is 11.2. The summed E-state index contributed by atoms with van der Waals surface area (Å²) in [7, 11) is 0. The summed E-state index contributed by atoms with van der Waals surface area (Å²) in [6.07, 6.45) is 4.33. The molecule has 35 heavy (non-hydrogen) atoms. The van der Waals surface area contributed by atoms with Crippen molar-refractivity contribution in [2.24, 2.45) is 0 Å². The van der Waals surface area contributed by atoms with Crippen LogP contribution in [-0.2, 0) is 16.1 Å². The Balaban J connectivity index is 1.64. The second-order valence-electron chi connectivity index (χ2n) is 7.06. The van der Waals surface area contributed by atoms with Gasteiger partial charge in [-0.1, -0.05) is 24.3 Å². The second kappa shape index (κ2) is 12.2. The Labute approximate surface area is 202 Å². The fourth-order valence-corrected chi connectivity index (χ4v) is 2.92. The van der Waals surface area contributed by atoms with Crippen LogP contribution < -0.4 is 14.8 Å². The number of carbonyl (C=O) groups is 2. The van der Waals surface area contributed by atoms with Crippen molar-refractivity contribution >= 4 is 24.0 Å². The molecule has 0 spiro atoms. The number of hydrogen-bond acceptors (Lipinski definition) is 7. The van der Waals surface area contributed by atoms with Crippen LogP contribution in [0.5, 0.6) is 11.5 Å². The highest BCUT2D eigenvalue weighted by atomic mass is 16.5. The van der Waals surface area contributed by atoms with E-state index in [4.69, 9.17) is 13.9 Å². The quantitative estimate of drug-likeness (QED) is 0.214. The van der Waals surface area contributed by atoms with Gasteiger partial charge in [-0.05, 0) is 66.6 Å². The van der Waals surface area contributed by atoms with E-state index >= 15 is 0 Å². The topological polar surface area (TPSA) is 125 Å². The lowest BCUT2D eigenvalue weighted by Crippen LogP contribution is -2.23. The van der Waals surface area contributed by atoms with Gasteiger partial charge in [0.1, 0.15) is 40.5 Å². The van der Waals surface area contributed by atoms with Gasteiger partial charge in [0, 0.05) is 0 Å². The van der Waals surface area contributed by atoms with E-state index in [1.165, 1.54) is 30.5 Å². The molecular weight excluding hydrogens is 446 g/mol. The highest BCUT2D eigenvalue weighted by Crippen LogP contribution is 2.18. The Morgan fingerprint density at radius 2 is 1.51 bits per heavy atom. The summed E-state index contributed by atoms with van der Waals surface area (Å²) in [4.78, 5) is 24.7. The molecular formula is C27H21N3O5. The molecule has 1 aromatic heterocycles. The third-order valence-electron chi connectivity index (χ3n) is 4.61. The summed E-state index contributed by atoms with van der Waals surface area (Å²) in [6.45, 7) is 2.57. The molecule has 0 saturated carbocycles. The monoisotopic (exact) mass is 467 g/mol. The van der Waals surface area contributed by atoms with Gasteiger partial charge in [0.2, 0.25) is 0 Å². The van der Waals surface area contributed by atoms with Gasteiger partial charge in [-0.2, -0.15) is 10.5 Å². The van der Waals surface area contributed by atoms with Crippen LogP contribution in [0.1, 0.15) is 23.8 Å². The molecule has 1 heterocycles. The number of hydrogen-bond donors (Lipinski definition) is 1. The number of rotatable bonds is 9. The standard InChI is InChI=1S/C27H21N3O5/c1-2-33-23-9-5-20(6-10-23)15-22(17-29)27(32)35-24-11-7-19(8-12-24)14-21(16-28)26(31)30-18-25-4-3-13-34-25/h3-15H,2,18H2,1H3,(H,30,31)/b21-14+,22-15+. The number of nitriles is 2. The summed E-state index contributed by atoms with van der Waals surface area (Å²) >= 11 is 0. The Morgan fingerprint density at radius 1 is 0.914 bits per heavy atom. The fraction of sp³-hybridized carbons (Fsp3) is 0.111. The predicted octanol–water partition coefficient (Wildman–Crippen LogP) is 4.41. The highest BCUT2D eigenvalue weighted by molar-refractivity contribution is 6.01. The summed E-state index contributed by atoms with van der Waals surface area (Å²) in [5, 5.41) is 21.3. The Morgan fingerprint density at radius 3 is 2.06 bits per heavy atom. The Kier molecular flexibility index (Phi) is 8.59. The molecule has 0 atom stereocenters. The van der Waals surface area contributed by atoms with Gasteiger partial charge in [0.25, 0.3) is 5.91 Å². The lowest BCUT2D eigenvalue weighted by atomic mass is 10.1. The number of esters is 1. The molecule has 8 nitrogen and oxygen atoms in total. The third-order valence-corrected chi connectivity index (χ3v) is 4.61. The van der Waals surface area contributed by atoms with Gasteiger partial charge < -0.3 is 19.2 Å². The van der Waals surface area contributed by atoms with Crippen molar-refractivity contribution in [2.75, 3.05) is 6.61 Å². The summed E-state index contributed by atoms with van der Waals surface area (Å²) in [5.74, 6) is 0.113. The highest BCUT2D eigenvalue weighted by Gasteiger charge is 2.13. The van der Waals surface area contributed by atoms with E-state index in [1.807, 2.05) is 19.1 Å². The van der Waals surface area contributed by atoms with Crippen LogP contribution in [-0.4, -0.2) is 18.5 Å². The van der Waals surface area contributed by atoms with Gasteiger partial charge in [-0.3, -0.25) is 4.79 Å². The average Bonchev–Trinajstić information content (AvgIpc) is 3.40. The first-order chi connectivity index (χ1) is 17.0. The predicted molar refractivity (Wildman–Crippen MR) is 127 cm³/mol. The van der Waals surface area contributed by atoms with Gasteiger partial charge in [-0.25, -0.2) is 4.79 Å². The van der Waals surface area contributed by atoms with Crippen LogP contribution in [0.4, 0.5) is 0 Å². The maximum atomic E-state index is 12.4. The number of nitrogens with one attached hydrogen (secondary N) is 1. The van der Waals surface area contributed by atoms with Gasteiger partial charge in [0.05, 0.1) is 19.4 Å². The molecule has 8 heteroatoms. The molecule has 1 N–H and O–H groups in total. The van der Waals surface area contributed by atoms with Crippen molar-refractivity contribution in [3.8, 4) is 23.6 Å². The van der Waals surface area contributed by atoms with Crippen molar-refractivity contribution < 1.29 is 23.5 Å². The van der Waals surface area contributed by atoms with Gasteiger partial charge in [-0.15, -0.1) is 0 Å². The van der Waals surface area contributed by atoms with E-state index in [1.54, 1.807) is 48.5 Å². The zero-order valence-corrected chi connectivity index (χ0v) is 18.9. The van der Waals surface area contributed by atoms with E-state index in [9.17, 15) is 20.1 Å². The van der Waals surface area contributed by atoms with Crippen molar-refractivity contribution in [2.45, 2.75) is 13.5 Å². The molecule has 0 radical (unpaired) electrons. The SMILES string of the molecule is CCOc1ccc(/C=C(\C#N)C(=O)Oc2ccc(/C=C(\C#N)C(=O)NCc3ccco3)cc2)cc1. The van der Waals surface area contributed by atoms with Crippen molar-refractivity contribution in [1.82, 2.24) is 5.32 Å². The van der Waals surface area contributed by atoms with Gasteiger partial charge in [0.15, 0.2) is 0 Å². The molecule has 0 fully saturated rings. The Bertz CT molecular complexity index is 1310. The largest absolute Gasteiger partial charge is 0.494 e. The lowest BCUT2D eigenvalue weighted by Gasteiger charge is -2.05. The first-order valence-corrected chi connectivity index (χ1v) is 10.6. The Hall–Kier alpha value is -5.08. The van der Waals surface area contributed by atoms with E-state index in [0.717, 1.165) is 0 Å². The minimum Gasteiger partial charge on any atom is -0.494 e. The average molecular weight is 467 g/mol. The molecule has 2 aromatic carbocycles. The first-order valence-electron chi connectivity index (χ1n) is 10.6. The third kappa shape index (κ3) is 7.21. The molecule has 3 rings (SSSR count). The number of benzene rings is 2. The molecule has 174 valence electrons. The minimum absolute atomic E-state index is 0.0913. The van der Waals surface area contributed by atoms with Crippen molar-refractivity contribution in [3.05, 3.63) is 95.0 Å². The first kappa shape index (κ1) is 24.6. The van der Waals surface area contributed by atoms with E-state index in [0.29, 0.717) is 29.2 Å². The molecule has 0 bridgehead atoms. The maximum Gasteiger partial charge on any atom is 0.354 e. The summed E-state index contributed by atoms with van der Waals surface area (Å²) < 4.78 is 15.8. The van der Waals surface area contributed by atoms with E-state index in [-0.39, 0.29) is 23.4 Å². The van der Waals surface area contributed by atoms with Gasteiger partial charge >= 0.3 is 5.97 Å². The number of carbonyl (C=O) groups excluding carboxylic acids is 2. The molecule has 0 aliphatic rings. The molecule has 0 aliphatic heterocycles. The molecule has 0 unspecified atom stereocenters. The molecule has 1 amide bonds. The number of ether oxygens (including phenoxy) is 2. The van der Waals surface area contributed by atoms with Crippen molar-refractivity contribution in [3.63, 3.8) is 0 Å². The number of amides is 1. The van der Waals surface area contributed by atoms with Crippen LogP contribution in [0.25, 0.3) is 12.2 Å². The zero-order chi connectivity index (χ0) is 25.0. The molecule has 0 aliphatic carbocycles. The van der Waals surface area contributed by atoms with E-state index < -0.39 is 11.9 Å². The maximum absolute atomic E-state index is 12.4. The van der Waals surface area contributed by atoms with Crippen LogP contribution in [0.15, 0.2) is 82.5 Å². The summed E-state index contributed by atoms with van der Waals surface area (Å²) in [6, 6.07) is 20.3. The van der Waals surface area contributed by atoms with Crippen LogP contribution >= 0.6 is 0 Å². The second-order valence-corrected chi connectivity index (χ2v) is 7.06. The number of nitrogens with zero attached hydrogens (tertiary/aromatic N) is 2. The number of furan rings is 1. The minimum atomic E-state index is -0.806. The summed E-state index contributed by atoms with van der Waals surface area (Å²) in [5.41, 5.74) is 0.946.